The molecule has 1 heterocycles. The lowest BCUT2D eigenvalue weighted by Crippen LogP contribution is -2.62. The minimum absolute atomic E-state index is 0.0216. The molecule has 0 saturated heterocycles. The summed E-state index contributed by atoms with van der Waals surface area (Å²) in [6.45, 7) is 0. The molecule has 4 aliphatic rings. The number of phenolic OH excluding ortho intramolecular Hbond substituents is 3. The van der Waals surface area contributed by atoms with Crippen molar-refractivity contribution >= 4 is 33.9 Å². The standard InChI is InChI=1S/C28H20O8/c29-15-5-1-3-12-19(15)24(33)22-17(31)9-7-11-14-8-10-18(32)23-25(34)20-13(4-2-6-16(20)30)27(35)28(14,23)36-26(12)21(11)22/h1-6,11,14,29-30,33-34H,7-10H2/t11-,14+,28?/m0/s1. The van der Waals surface area contributed by atoms with E-state index in [-0.39, 0.29) is 75.7 Å². The Kier molecular flexibility index (Phi) is 3.88. The highest BCUT2D eigenvalue weighted by Crippen LogP contribution is 2.62. The summed E-state index contributed by atoms with van der Waals surface area (Å²) in [5.74, 6) is -3.56. The fourth-order valence-electron chi connectivity index (χ4n) is 6.91. The molecule has 4 N–H and O–H groups in total. The van der Waals surface area contributed by atoms with E-state index in [1.165, 1.54) is 24.3 Å². The molecule has 3 aromatic carbocycles. The second kappa shape index (κ2) is 6.66. The zero-order chi connectivity index (χ0) is 25.1. The van der Waals surface area contributed by atoms with Crippen LogP contribution in [-0.2, 0) is 4.79 Å². The minimum atomic E-state index is -1.87. The van der Waals surface area contributed by atoms with Gasteiger partial charge in [0.05, 0.1) is 22.1 Å². The van der Waals surface area contributed by atoms with Crippen LogP contribution < -0.4 is 4.74 Å². The highest BCUT2D eigenvalue weighted by molar-refractivity contribution is 6.22. The van der Waals surface area contributed by atoms with E-state index in [0.717, 1.165) is 0 Å². The third-order valence-electron chi connectivity index (χ3n) is 8.31. The van der Waals surface area contributed by atoms with Crippen LogP contribution in [0.15, 0.2) is 42.0 Å². The third kappa shape index (κ3) is 2.23. The Balaban J connectivity index is 1.63. The van der Waals surface area contributed by atoms with Gasteiger partial charge in [0.1, 0.15) is 28.8 Å². The number of phenols is 3. The zero-order valence-electron chi connectivity index (χ0n) is 18.9. The Morgan fingerprint density at radius 3 is 2.36 bits per heavy atom. The number of hydrogen-bond donors (Lipinski definition) is 4. The van der Waals surface area contributed by atoms with Crippen molar-refractivity contribution in [3.8, 4) is 23.0 Å². The van der Waals surface area contributed by atoms with Crippen molar-refractivity contribution in [1.29, 1.82) is 0 Å². The number of fused-ring (bicyclic) bond motifs is 4. The first kappa shape index (κ1) is 21.0. The minimum Gasteiger partial charge on any atom is -0.507 e. The fourth-order valence-corrected chi connectivity index (χ4v) is 6.91. The number of hydrogen-bond acceptors (Lipinski definition) is 8. The van der Waals surface area contributed by atoms with Crippen LogP contribution in [0, 0.1) is 5.92 Å². The van der Waals surface area contributed by atoms with Crippen LogP contribution >= 0.6 is 0 Å². The highest BCUT2D eigenvalue weighted by Gasteiger charge is 2.65. The monoisotopic (exact) mass is 484 g/mol. The summed E-state index contributed by atoms with van der Waals surface area (Å²) in [7, 11) is 0. The molecule has 0 bridgehead atoms. The molecule has 1 unspecified atom stereocenters. The number of aromatic hydroxyl groups is 3. The summed E-state index contributed by atoms with van der Waals surface area (Å²) in [4.78, 5) is 40.6. The Morgan fingerprint density at radius 1 is 0.833 bits per heavy atom. The van der Waals surface area contributed by atoms with Crippen LogP contribution in [0.4, 0.5) is 0 Å². The highest BCUT2D eigenvalue weighted by atomic mass is 16.5. The van der Waals surface area contributed by atoms with Gasteiger partial charge in [0.2, 0.25) is 11.4 Å². The van der Waals surface area contributed by atoms with Crippen molar-refractivity contribution < 1.29 is 39.5 Å². The van der Waals surface area contributed by atoms with Crippen LogP contribution in [0.25, 0.3) is 16.5 Å². The van der Waals surface area contributed by atoms with Crippen LogP contribution in [0.1, 0.15) is 63.4 Å². The van der Waals surface area contributed by atoms with Crippen molar-refractivity contribution in [2.45, 2.75) is 37.2 Å². The van der Waals surface area contributed by atoms with Crippen LogP contribution in [0.2, 0.25) is 0 Å². The van der Waals surface area contributed by atoms with E-state index in [4.69, 9.17) is 4.74 Å². The van der Waals surface area contributed by atoms with Crippen LogP contribution in [-0.4, -0.2) is 43.4 Å². The van der Waals surface area contributed by atoms with Gasteiger partial charge in [-0.2, -0.15) is 0 Å². The van der Waals surface area contributed by atoms with E-state index in [0.29, 0.717) is 17.4 Å². The van der Waals surface area contributed by atoms with E-state index in [1.54, 1.807) is 12.1 Å². The summed E-state index contributed by atoms with van der Waals surface area (Å²) >= 11 is 0. The summed E-state index contributed by atoms with van der Waals surface area (Å²) in [6, 6.07) is 8.84. The smallest absolute Gasteiger partial charge is 0.212 e. The fraction of sp³-hybridized carbons (Fsp3) is 0.250. The van der Waals surface area contributed by atoms with E-state index in [1.807, 2.05) is 0 Å². The molecule has 1 spiro atoms. The number of aliphatic hydroxyl groups is 1. The topological polar surface area (TPSA) is 141 Å². The van der Waals surface area contributed by atoms with Crippen molar-refractivity contribution in [2.75, 3.05) is 0 Å². The predicted octanol–water partition coefficient (Wildman–Crippen LogP) is 4.29. The first-order valence-electron chi connectivity index (χ1n) is 11.8. The predicted molar refractivity (Wildman–Crippen MR) is 127 cm³/mol. The maximum Gasteiger partial charge on any atom is 0.212 e. The lowest BCUT2D eigenvalue weighted by atomic mass is 9.56. The van der Waals surface area contributed by atoms with Gasteiger partial charge in [0.15, 0.2) is 11.6 Å². The first-order valence-corrected chi connectivity index (χ1v) is 11.8. The van der Waals surface area contributed by atoms with Gasteiger partial charge in [-0.25, -0.2) is 0 Å². The van der Waals surface area contributed by atoms with E-state index < -0.39 is 34.8 Å². The van der Waals surface area contributed by atoms with Gasteiger partial charge < -0.3 is 25.2 Å². The number of carbonyl (C=O) groups excluding carboxylic acids is 3. The molecule has 0 amide bonds. The molecule has 1 aliphatic heterocycles. The maximum absolute atomic E-state index is 14.3. The normalized spacial score (nSPS) is 26.2. The molecule has 8 heteroatoms. The number of ether oxygens (including phenoxy) is 1. The Labute approximate surface area is 204 Å². The molecule has 180 valence electrons. The molecule has 8 nitrogen and oxygen atoms in total. The van der Waals surface area contributed by atoms with Gasteiger partial charge in [-0.15, -0.1) is 0 Å². The van der Waals surface area contributed by atoms with E-state index in [2.05, 4.69) is 0 Å². The molecule has 3 aromatic rings. The number of ketones is 3. The largest absolute Gasteiger partial charge is 0.507 e. The Hall–Kier alpha value is -4.33. The second-order valence-corrected chi connectivity index (χ2v) is 9.89. The van der Waals surface area contributed by atoms with Crippen molar-refractivity contribution in [3.63, 3.8) is 0 Å². The number of rotatable bonds is 0. The molecule has 3 aliphatic carbocycles. The molecule has 3 atom stereocenters. The number of Topliss-reactive ketones (excluding diaryl/α,β-unsaturated/α-hetero) is 3. The molecule has 0 radical (unpaired) electrons. The molecular formula is C28H20O8. The lowest BCUT2D eigenvalue weighted by molar-refractivity contribution is -0.121. The van der Waals surface area contributed by atoms with Gasteiger partial charge in [-0.3, -0.25) is 14.4 Å². The van der Waals surface area contributed by atoms with Gasteiger partial charge in [0.25, 0.3) is 0 Å². The molecule has 7 rings (SSSR count). The Bertz CT molecular complexity index is 1630. The van der Waals surface area contributed by atoms with Crippen LogP contribution in [0.3, 0.4) is 0 Å². The van der Waals surface area contributed by atoms with Gasteiger partial charge in [-0.1, -0.05) is 24.3 Å². The van der Waals surface area contributed by atoms with E-state index >= 15 is 0 Å². The van der Waals surface area contributed by atoms with E-state index in [9.17, 15) is 34.8 Å². The van der Waals surface area contributed by atoms with Crippen molar-refractivity contribution in [1.82, 2.24) is 0 Å². The molecule has 36 heavy (non-hydrogen) atoms. The lowest BCUT2D eigenvalue weighted by Gasteiger charge is -2.53. The number of carbonyl (C=O) groups is 3. The average Bonchev–Trinajstić information content (AvgIpc) is 2.85. The summed E-state index contributed by atoms with van der Waals surface area (Å²) in [6.07, 6.45) is 0.828. The quantitative estimate of drug-likeness (QED) is 0.370. The molecular weight excluding hydrogens is 464 g/mol. The molecule has 1 saturated carbocycles. The number of aliphatic hydroxyl groups excluding tert-OH is 1. The first-order chi connectivity index (χ1) is 17.3. The zero-order valence-corrected chi connectivity index (χ0v) is 18.9. The molecule has 0 aromatic heterocycles. The van der Waals surface area contributed by atoms with Crippen molar-refractivity contribution in [3.05, 3.63) is 64.2 Å². The summed E-state index contributed by atoms with van der Waals surface area (Å²) < 4.78 is 6.55. The molecule has 1 fully saturated rings. The van der Waals surface area contributed by atoms with Gasteiger partial charge in [-0.05, 0) is 30.9 Å². The van der Waals surface area contributed by atoms with Crippen LogP contribution in [0.5, 0.6) is 23.0 Å². The maximum atomic E-state index is 14.3. The third-order valence-corrected chi connectivity index (χ3v) is 8.31. The second-order valence-electron chi connectivity index (χ2n) is 9.89. The van der Waals surface area contributed by atoms with Gasteiger partial charge >= 0.3 is 0 Å². The number of benzene rings is 3. The van der Waals surface area contributed by atoms with Gasteiger partial charge in [0, 0.05) is 35.3 Å². The SMILES string of the molecule is O=C1CC[C@@H]2[C@@H]3CCC(=O)c4c3c(c3cccc(O)c3c4O)OC23C(=O)c2cccc(O)c2C(O)=C13. The average molecular weight is 484 g/mol. The summed E-state index contributed by atoms with van der Waals surface area (Å²) in [5, 5.41) is 43.8. The summed E-state index contributed by atoms with van der Waals surface area (Å²) in [5.41, 5.74) is -1.58. The Morgan fingerprint density at radius 2 is 1.56 bits per heavy atom. The van der Waals surface area contributed by atoms with Crippen molar-refractivity contribution in [2.24, 2.45) is 5.92 Å².